The molecule has 1 rings (SSSR count). The van der Waals surface area contributed by atoms with E-state index in [1.54, 1.807) is 19.1 Å². The van der Waals surface area contributed by atoms with E-state index in [2.05, 4.69) is 4.98 Å². The molecular weight excluding hydrogens is 182 g/mol. The summed E-state index contributed by atoms with van der Waals surface area (Å²) >= 11 is 0. The molecule has 14 heavy (non-hydrogen) atoms. The number of aromatic nitrogens is 1. The molecule has 0 aliphatic carbocycles. The van der Waals surface area contributed by atoms with E-state index in [0.717, 1.165) is 5.69 Å². The Morgan fingerprint density at radius 3 is 2.50 bits per heavy atom. The molecule has 5 nitrogen and oxygen atoms in total. The molecule has 0 unspecified atom stereocenters. The second-order valence-electron chi connectivity index (χ2n) is 2.90. The third kappa shape index (κ3) is 2.29. The highest BCUT2D eigenvalue weighted by molar-refractivity contribution is 6.04. The molecule has 5 heteroatoms. The first-order valence-corrected chi connectivity index (χ1v) is 4.05. The summed E-state index contributed by atoms with van der Waals surface area (Å²) in [6, 6.07) is 2.44. The fourth-order valence-corrected chi connectivity index (χ4v) is 1.11. The molecule has 0 radical (unpaired) electrons. The van der Waals surface area contributed by atoms with Crippen molar-refractivity contribution in [2.45, 2.75) is 13.8 Å². The summed E-state index contributed by atoms with van der Waals surface area (Å²) in [5.41, 5.74) is 6.57. The van der Waals surface area contributed by atoms with Crippen molar-refractivity contribution < 1.29 is 9.59 Å². The summed E-state index contributed by atoms with van der Waals surface area (Å²) < 4.78 is 0. The third-order valence-corrected chi connectivity index (χ3v) is 1.71. The number of carbonyl (C=O) groups excluding carboxylic acids is 2. The monoisotopic (exact) mass is 193 g/mol. The van der Waals surface area contributed by atoms with Crippen LogP contribution in [0.4, 0.5) is 4.79 Å². The van der Waals surface area contributed by atoms with Crippen LogP contribution in [0.5, 0.6) is 0 Å². The Morgan fingerprint density at radius 2 is 2.00 bits per heavy atom. The Labute approximate surface area is 81.3 Å². The minimum Gasteiger partial charge on any atom is -0.351 e. The van der Waals surface area contributed by atoms with E-state index in [1.165, 1.54) is 0 Å². The van der Waals surface area contributed by atoms with Gasteiger partial charge >= 0.3 is 6.03 Å². The van der Waals surface area contributed by atoms with Gasteiger partial charge in [-0.3, -0.25) is 15.1 Å². The van der Waals surface area contributed by atoms with Crippen LogP contribution in [0.1, 0.15) is 21.7 Å². The van der Waals surface area contributed by atoms with Gasteiger partial charge in [-0.15, -0.1) is 0 Å². The number of primary amides is 1. The first-order chi connectivity index (χ1) is 6.50. The Bertz CT molecular complexity index is 388. The largest absolute Gasteiger partial charge is 0.351 e. The number of pyridine rings is 1. The van der Waals surface area contributed by atoms with E-state index >= 15 is 0 Å². The lowest BCUT2D eigenvalue weighted by Crippen LogP contribution is -2.35. The molecule has 0 aromatic carbocycles. The number of carbonyl (C=O) groups is 2. The summed E-state index contributed by atoms with van der Waals surface area (Å²) in [4.78, 5) is 25.9. The molecule has 0 saturated heterocycles. The van der Waals surface area contributed by atoms with Crippen LogP contribution < -0.4 is 11.1 Å². The van der Waals surface area contributed by atoms with E-state index in [4.69, 9.17) is 5.73 Å². The molecule has 0 saturated carbocycles. The van der Waals surface area contributed by atoms with Crippen LogP contribution in [0.2, 0.25) is 0 Å². The lowest BCUT2D eigenvalue weighted by atomic mass is 10.2. The minimum atomic E-state index is -0.866. The molecule has 0 aliphatic rings. The molecule has 1 heterocycles. The summed E-state index contributed by atoms with van der Waals surface area (Å²) in [6.07, 6.45) is 0. The SMILES string of the molecule is Cc1ccc(C(=O)NC(N)=O)c(C)n1. The van der Waals surface area contributed by atoms with Crippen molar-refractivity contribution in [3.63, 3.8) is 0 Å². The molecule has 0 aliphatic heterocycles. The minimum absolute atomic E-state index is 0.356. The quantitative estimate of drug-likeness (QED) is 0.681. The molecule has 3 N–H and O–H groups in total. The van der Waals surface area contributed by atoms with Crippen molar-refractivity contribution in [3.05, 3.63) is 29.1 Å². The third-order valence-electron chi connectivity index (χ3n) is 1.71. The van der Waals surface area contributed by atoms with Gasteiger partial charge in [-0.05, 0) is 26.0 Å². The van der Waals surface area contributed by atoms with Crippen molar-refractivity contribution in [1.82, 2.24) is 10.3 Å². The zero-order chi connectivity index (χ0) is 10.7. The number of urea groups is 1. The van der Waals surface area contributed by atoms with Crippen molar-refractivity contribution >= 4 is 11.9 Å². The fourth-order valence-electron chi connectivity index (χ4n) is 1.11. The van der Waals surface area contributed by atoms with Crippen molar-refractivity contribution in [3.8, 4) is 0 Å². The molecule has 0 spiro atoms. The summed E-state index contributed by atoms with van der Waals surface area (Å²) in [6.45, 7) is 3.52. The second-order valence-corrected chi connectivity index (χ2v) is 2.90. The highest BCUT2D eigenvalue weighted by Gasteiger charge is 2.10. The molecular formula is C9H11N3O2. The van der Waals surface area contributed by atoms with E-state index in [-0.39, 0.29) is 0 Å². The van der Waals surface area contributed by atoms with Gasteiger partial charge in [0.1, 0.15) is 0 Å². The van der Waals surface area contributed by atoms with Crippen LogP contribution in [0.25, 0.3) is 0 Å². The molecule has 3 amide bonds. The number of rotatable bonds is 1. The average Bonchev–Trinajstić information content (AvgIpc) is 2.01. The number of aryl methyl sites for hydroxylation is 2. The topological polar surface area (TPSA) is 85.1 Å². The number of hydrogen-bond donors (Lipinski definition) is 2. The number of nitrogens with one attached hydrogen (secondary N) is 1. The summed E-state index contributed by atoms with van der Waals surface area (Å²) in [7, 11) is 0. The number of hydrogen-bond acceptors (Lipinski definition) is 3. The summed E-state index contributed by atoms with van der Waals surface area (Å²) in [5, 5.41) is 1.98. The standard InChI is InChI=1S/C9H11N3O2/c1-5-3-4-7(6(2)11-5)8(13)12-9(10)14/h3-4H,1-2H3,(H3,10,12,13,14). The van der Waals surface area contributed by atoms with Crippen molar-refractivity contribution in [2.75, 3.05) is 0 Å². The van der Waals surface area contributed by atoms with E-state index in [0.29, 0.717) is 11.3 Å². The van der Waals surface area contributed by atoms with Gasteiger partial charge in [-0.25, -0.2) is 4.79 Å². The average molecular weight is 193 g/mol. The zero-order valence-corrected chi connectivity index (χ0v) is 8.00. The van der Waals surface area contributed by atoms with E-state index < -0.39 is 11.9 Å². The van der Waals surface area contributed by atoms with Crippen LogP contribution in [0.3, 0.4) is 0 Å². The number of nitrogens with zero attached hydrogens (tertiary/aromatic N) is 1. The Morgan fingerprint density at radius 1 is 1.36 bits per heavy atom. The summed E-state index contributed by atoms with van der Waals surface area (Å²) in [5.74, 6) is -0.525. The van der Waals surface area contributed by atoms with Gasteiger partial charge < -0.3 is 5.73 Å². The predicted octanol–water partition coefficient (Wildman–Crippen LogP) is 0.507. The van der Waals surface area contributed by atoms with E-state index in [9.17, 15) is 9.59 Å². The molecule has 0 fully saturated rings. The maximum Gasteiger partial charge on any atom is 0.319 e. The first kappa shape index (κ1) is 10.2. The highest BCUT2D eigenvalue weighted by Crippen LogP contribution is 2.05. The molecule has 74 valence electrons. The van der Waals surface area contributed by atoms with Crippen LogP contribution >= 0.6 is 0 Å². The number of imide groups is 1. The lowest BCUT2D eigenvalue weighted by molar-refractivity contribution is 0.0965. The van der Waals surface area contributed by atoms with Gasteiger partial charge in [0.05, 0.1) is 11.3 Å². The lowest BCUT2D eigenvalue weighted by Gasteiger charge is -2.04. The van der Waals surface area contributed by atoms with Gasteiger partial charge in [0.15, 0.2) is 0 Å². The van der Waals surface area contributed by atoms with Gasteiger partial charge in [-0.2, -0.15) is 0 Å². The highest BCUT2D eigenvalue weighted by atomic mass is 16.2. The zero-order valence-electron chi connectivity index (χ0n) is 8.00. The van der Waals surface area contributed by atoms with Gasteiger partial charge in [0.25, 0.3) is 5.91 Å². The van der Waals surface area contributed by atoms with Gasteiger partial charge in [-0.1, -0.05) is 0 Å². The number of nitrogens with two attached hydrogens (primary N) is 1. The Balaban J connectivity index is 2.96. The second kappa shape index (κ2) is 3.87. The normalized spacial score (nSPS) is 9.57. The Kier molecular flexibility index (Phi) is 2.81. The van der Waals surface area contributed by atoms with Gasteiger partial charge in [0.2, 0.25) is 0 Å². The van der Waals surface area contributed by atoms with Crippen molar-refractivity contribution in [1.29, 1.82) is 0 Å². The molecule has 1 aromatic rings. The van der Waals surface area contributed by atoms with Crippen molar-refractivity contribution in [2.24, 2.45) is 5.73 Å². The Hall–Kier alpha value is -1.91. The fraction of sp³-hybridized carbons (Fsp3) is 0.222. The van der Waals surface area contributed by atoms with Crippen LogP contribution in [-0.2, 0) is 0 Å². The molecule has 0 bridgehead atoms. The first-order valence-electron chi connectivity index (χ1n) is 4.05. The molecule has 1 aromatic heterocycles. The van der Waals surface area contributed by atoms with Gasteiger partial charge in [0, 0.05) is 5.69 Å². The smallest absolute Gasteiger partial charge is 0.319 e. The maximum absolute atomic E-state index is 11.3. The predicted molar refractivity (Wildman–Crippen MR) is 50.8 cm³/mol. The number of amides is 3. The maximum atomic E-state index is 11.3. The molecule has 0 atom stereocenters. The van der Waals surface area contributed by atoms with Crippen LogP contribution in [0.15, 0.2) is 12.1 Å². The van der Waals surface area contributed by atoms with E-state index in [1.807, 2.05) is 12.2 Å². The van der Waals surface area contributed by atoms with Crippen LogP contribution in [0, 0.1) is 13.8 Å². The van der Waals surface area contributed by atoms with Crippen LogP contribution in [-0.4, -0.2) is 16.9 Å².